The van der Waals surface area contributed by atoms with Gasteiger partial charge in [0, 0.05) is 35.1 Å². The largest absolute Gasteiger partial charge is 0.356 e. The summed E-state index contributed by atoms with van der Waals surface area (Å²) in [6, 6.07) is 11.1. The first-order chi connectivity index (χ1) is 9.71. The predicted octanol–water partition coefficient (Wildman–Crippen LogP) is 4.71. The number of halogens is 1. The fourth-order valence-corrected chi connectivity index (χ4v) is 3.68. The number of rotatable bonds is 6. The minimum Gasteiger partial charge on any atom is -0.356 e. The second kappa shape index (κ2) is 7.32. The third-order valence-corrected chi connectivity index (χ3v) is 4.96. The van der Waals surface area contributed by atoms with E-state index in [1.165, 1.54) is 10.9 Å². The summed E-state index contributed by atoms with van der Waals surface area (Å²) in [6.45, 7) is 2.24. The fourth-order valence-electron chi connectivity index (χ4n) is 2.42. The van der Waals surface area contributed by atoms with E-state index in [1.807, 2.05) is 17.8 Å². The number of alkyl halides is 1. The van der Waals surface area contributed by atoms with Crippen LogP contribution in [0, 0.1) is 0 Å². The van der Waals surface area contributed by atoms with Crippen molar-refractivity contribution >= 4 is 44.4 Å². The summed E-state index contributed by atoms with van der Waals surface area (Å²) >= 11 is 5.49. The van der Waals surface area contributed by atoms with Crippen LogP contribution < -0.4 is 4.90 Å². The Kier molecular flexibility index (Phi) is 5.73. The molecule has 4 heteroatoms. The maximum Gasteiger partial charge on any atom is 0.133 e. The standard InChI is InChI=1S/C16H21BrN2S/c1-4-14(11-20-3)19(2)16-13(10-17)9-12-7-5-6-8-15(12)18-16/h5-9,14H,4,10-11H2,1-3H3. The molecule has 1 unspecified atom stereocenters. The first kappa shape index (κ1) is 15.6. The van der Waals surface area contributed by atoms with Gasteiger partial charge in [-0.2, -0.15) is 11.8 Å². The maximum absolute atomic E-state index is 4.88. The lowest BCUT2D eigenvalue weighted by molar-refractivity contribution is 0.665. The van der Waals surface area contributed by atoms with Crippen LogP contribution in [0.5, 0.6) is 0 Å². The molecule has 108 valence electrons. The van der Waals surface area contributed by atoms with Gasteiger partial charge in [0.05, 0.1) is 5.52 Å². The zero-order valence-corrected chi connectivity index (χ0v) is 14.7. The molecular weight excluding hydrogens is 332 g/mol. The van der Waals surface area contributed by atoms with Crippen LogP contribution in [0.4, 0.5) is 5.82 Å². The second-order valence-electron chi connectivity index (χ2n) is 4.93. The second-order valence-corrected chi connectivity index (χ2v) is 6.40. The molecule has 2 aromatic rings. The van der Waals surface area contributed by atoms with Gasteiger partial charge in [-0.15, -0.1) is 0 Å². The number of hydrogen-bond donors (Lipinski definition) is 0. The van der Waals surface area contributed by atoms with Crippen molar-refractivity contribution in [1.82, 2.24) is 4.98 Å². The number of para-hydroxylation sites is 1. The molecule has 0 fully saturated rings. The lowest BCUT2D eigenvalue weighted by atomic mass is 10.1. The lowest BCUT2D eigenvalue weighted by Crippen LogP contribution is -2.34. The summed E-state index contributed by atoms with van der Waals surface area (Å²) in [5.74, 6) is 2.23. The van der Waals surface area contributed by atoms with E-state index in [2.05, 4.69) is 65.3 Å². The number of aromatic nitrogens is 1. The average molecular weight is 353 g/mol. The number of thioether (sulfide) groups is 1. The third-order valence-electron chi connectivity index (χ3n) is 3.64. The van der Waals surface area contributed by atoms with Crippen LogP contribution in [0.3, 0.4) is 0 Å². The van der Waals surface area contributed by atoms with Gasteiger partial charge < -0.3 is 4.90 Å². The summed E-state index contributed by atoms with van der Waals surface area (Å²) in [7, 11) is 2.16. The highest BCUT2D eigenvalue weighted by Gasteiger charge is 2.17. The first-order valence-electron chi connectivity index (χ1n) is 6.87. The van der Waals surface area contributed by atoms with Crippen molar-refractivity contribution in [2.24, 2.45) is 0 Å². The molecule has 0 saturated heterocycles. The fraction of sp³-hybridized carbons (Fsp3) is 0.438. The monoisotopic (exact) mass is 352 g/mol. The van der Waals surface area contributed by atoms with Crippen molar-refractivity contribution in [3.63, 3.8) is 0 Å². The molecule has 0 amide bonds. The van der Waals surface area contributed by atoms with Crippen LogP contribution in [-0.2, 0) is 5.33 Å². The van der Waals surface area contributed by atoms with Gasteiger partial charge in [-0.1, -0.05) is 41.1 Å². The highest BCUT2D eigenvalue weighted by Crippen LogP contribution is 2.27. The Bertz CT molecular complexity index is 573. The minimum atomic E-state index is 0.525. The summed E-state index contributed by atoms with van der Waals surface area (Å²) in [4.78, 5) is 7.22. The summed E-state index contributed by atoms with van der Waals surface area (Å²) in [5, 5.41) is 2.04. The quantitative estimate of drug-likeness (QED) is 0.700. The number of fused-ring (bicyclic) bond motifs is 1. The smallest absolute Gasteiger partial charge is 0.133 e. The number of pyridine rings is 1. The molecule has 0 spiro atoms. The van der Waals surface area contributed by atoms with Crippen molar-refractivity contribution in [3.8, 4) is 0 Å². The van der Waals surface area contributed by atoms with Crippen LogP contribution >= 0.6 is 27.7 Å². The van der Waals surface area contributed by atoms with Gasteiger partial charge in [0.15, 0.2) is 0 Å². The van der Waals surface area contributed by atoms with Crippen molar-refractivity contribution in [3.05, 3.63) is 35.9 Å². The third kappa shape index (κ3) is 3.29. The number of anilines is 1. The number of nitrogens with zero attached hydrogens (tertiary/aromatic N) is 2. The normalized spacial score (nSPS) is 12.6. The van der Waals surface area contributed by atoms with Crippen LogP contribution in [0.2, 0.25) is 0 Å². The Morgan fingerprint density at radius 3 is 2.75 bits per heavy atom. The Labute approximate surface area is 134 Å². The molecule has 1 atom stereocenters. The molecule has 2 rings (SSSR count). The van der Waals surface area contributed by atoms with E-state index in [4.69, 9.17) is 4.98 Å². The van der Waals surface area contributed by atoms with E-state index >= 15 is 0 Å². The molecule has 0 N–H and O–H groups in total. The van der Waals surface area contributed by atoms with Gasteiger partial charge in [0.25, 0.3) is 0 Å². The Balaban J connectivity index is 2.45. The maximum atomic E-state index is 4.88. The molecule has 1 heterocycles. The van der Waals surface area contributed by atoms with Gasteiger partial charge >= 0.3 is 0 Å². The van der Waals surface area contributed by atoms with Crippen molar-refractivity contribution < 1.29 is 0 Å². The Morgan fingerprint density at radius 2 is 2.10 bits per heavy atom. The van der Waals surface area contributed by atoms with Gasteiger partial charge in [-0.05, 0) is 24.8 Å². The number of benzene rings is 1. The molecule has 0 bridgehead atoms. The van der Waals surface area contributed by atoms with Crippen LogP contribution in [-0.4, -0.2) is 30.1 Å². The van der Waals surface area contributed by atoms with E-state index in [9.17, 15) is 0 Å². The molecule has 0 saturated carbocycles. The van der Waals surface area contributed by atoms with E-state index in [1.54, 1.807) is 0 Å². The summed E-state index contributed by atoms with van der Waals surface area (Å²) in [5.41, 5.74) is 2.32. The van der Waals surface area contributed by atoms with Crippen molar-refractivity contribution in [2.75, 3.05) is 24.0 Å². The Hall–Kier alpha value is -0.740. The van der Waals surface area contributed by atoms with Gasteiger partial charge in [-0.3, -0.25) is 0 Å². The molecule has 0 aliphatic carbocycles. The average Bonchev–Trinajstić information content (AvgIpc) is 2.50. The SMILES string of the molecule is CCC(CSC)N(C)c1nc2ccccc2cc1CBr. The van der Waals surface area contributed by atoms with Gasteiger partial charge in [-0.25, -0.2) is 4.98 Å². The van der Waals surface area contributed by atoms with E-state index in [-0.39, 0.29) is 0 Å². The van der Waals surface area contributed by atoms with Crippen LogP contribution in [0.15, 0.2) is 30.3 Å². The molecule has 1 aromatic carbocycles. The highest BCUT2D eigenvalue weighted by molar-refractivity contribution is 9.08. The molecular formula is C16H21BrN2S. The van der Waals surface area contributed by atoms with Crippen LogP contribution in [0.25, 0.3) is 10.9 Å². The Morgan fingerprint density at radius 1 is 1.35 bits per heavy atom. The summed E-state index contributed by atoms with van der Waals surface area (Å²) < 4.78 is 0. The van der Waals surface area contributed by atoms with Gasteiger partial charge in [0.2, 0.25) is 0 Å². The van der Waals surface area contributed by atoms with E-state index < -0.39 is 0 Å². The highest BCUT2D eigenvalue weighted by atomic mass is 79.9. The van der Waals surface area contributed by atoms with E-state index in [0.29, 0.717) is 6.04 Å². The molecule has 0 aliphatic heterocycles. The molecule has 2 nitrogen and oxygen atoms in total. The van der Waals surface area contributed by atoms with Crippen molar-refractivity contribution in [1.29, 1.82) is 0 Å². The predicted molar refractivity (Wildman–Crippen MR) is 95.2 cm³/mol. The van der Waals surface area contributed by atoms with Gasteiger partial charge in [0.1, 0.15) is 5.82 Å². The van der Waals surface area contributed by atoms with Crippen LogP contribution in [0.1, 0.15) is 18.9 Å². The topological polar surface area (TPSA) is 16.1 Å². The van der Waals surface area contributed by atoms with E-state index in [0.717, 1.165) is 28.8 Å². The minimum absolute atomic E-state index is 0.525. The zero-order valence-electron chi connectivity index (χ0n) is 12.3. The summed E-state index contributed by atoms with van der Waals surface area (Å²) in [6.07, 6.45) is 3.29. The number of hydrogen-bond acceptors (Lipinski definition) is 3. The lowest BCUT2D eigenvalue weighted by Gasteiger charge is -2.29. The molecule has 0 aliphatic rings. The molecule has 0 radical (unpaired) electrons. The first-order valence-corrected chi connectivity index (χ1v) is 9.39. The zero-order chi connectivity index (χ0) is 14.5. The molecule has 1 aromatic heterocycles. The van der Waals surface area contributed by atoms with Crippen molar-refractivity contribution in [2.45, 2.75) is 24.7 Å². The molecule has 20 heavy (non-hydrogen) atoms.